The fraction of sp³-hybridized carbons (Fsp3) is 0.333. The maximum absolute atomic E-state index is 11.9. The van der Waals surface area contributed by atoms with Gasteiger partial charge in [0.1, 0.15) is 6.04 Å². The van der Waals surface area contributed by atoms with Gasteiger partial charge >= 0.3 is 18.0 Å². The van der Waals surface area contributed by atoms with Gasteiger partial charge in [0.2, 0.25) is 0 Å². The van der Waals surface area contributed by atoms with Crippen molar-refractivity contribution in [1.82, 2.24) is 16.0 Å². The highest BCUT2D eigenvalue weighted by molar-refractivity contribution is 5.97. The Hall–Kier alpha value is -3.10. The predicted octanol–water partition coefficient (Wildman–Crippen LogP) is 0.584. The number of hydrogen-bond acceptors (Lipinski definition) is 5. The Morgan fingerprint density at radius 1 is 1.00 bits per heavy atom. The molecule has 1 aromatic carbocycles. The topological polar surface area (TPSA) is 126 Å². The van der Waals surface area contributed by atoms with Crippen LogP contribution in [0.5, 0.6) is 0 Å². The van der Waals surface area contributed by atoms with Crippen LogP contribution < -0.4 is 21.3 Å². The highest BCUT2D eigenvalue weighted by Crippen LogP contribution is 2.04. The van der Waals surface area contributed by atoms with Gasteiger partial charge in [0, 0.05) is 12.7 Å². The highest BCUT2D eigenvalue weighted by atomic mass is 16.5. The number of carbonyl (C=O) groups excluding carboxylic acids is 4. The van der Waals surface area contributed by atoms with E-state index >= 15 is 0 Å². The molecule has 0 bridgehead atoms. The molecule has 4 N–H and O–H groups in total. The lowest BCUT2D eigenvalue weighted by Crippen LogP contribution is -2.47. The first-order valence-electron chi connectivity index (χ1n) is 7.19. The molecule has 5 amide bonds. The molecule has 0 heterocycles. The third-order valence-corrected chi connectivity index (χ3v) is 2.86. The van der Waals surface area contributed by atoms with Crippen molar-refractivity contribution in [2.24, 2.45) is 0 Å². The average molecular weight is 336 g/mol. The summed E-state index contributed by atoms with van der Waals surface area (Å²) in [6.07, 6.45) is -1.18. The third kappa shape index (κ3) is 6.34. The monoisotopic (exact) mass is 336 g/mol. The van der Waals surface area contributed by atoms with Crippen LogP contribution in [0.1, 0.15) is 13.8 Å². The van der Waals surface area contributed by atoms with Gasteiger partial charge in [-0.25, -0.2) is 14.4 Å². The van der Waals surface area contributed by atoms with Gasteiger partial charge in [-0.1, -0.05) is 18.2 Å². The third-order valence-electron chi connectivity index (χ3n) is 2.86. The van der Waals surface area contributed by atoms with Crippen molar-refractivity contribution in [3.8, 4) is 0 Å². The van der Waals surface area contributed by atoms with Gasteiger partial charge < -0.3 is 20.7 Å². The smallest absolute Gasteiger partial charge is 0.329 e. The van der Waals surface area contributed by atoms with E-state index in [0.29, 0.717) is 5.69 Å². The Bertz CT molecular complexity index is 605. The Balaban J connectivity index is 2.45. The fourth-order valence-electron chi connectivity index (χ4n) is 1.55. The molecular formula is C15H20N4O5. The predicted molar refractivity (Wildman–Crippen MR) is 86.2 cm³/mol. The Kier molecular flexibility index (Phi) is 7.21. The van der Waals surface area contributed by atoms with Crippen molar-refractivity contribution in [2.45, 2.75) is 26.0 Å². The summed E-state index contributed by atoms with van der Waals surface area (Å²) in [7, 11) is 1.34. The molecule has 0 saturated heterocycles. The summed E-state index contributed by atoms with van der Waals surface area (Å²) in [6.45, 7) is 2.73. The van der Waals surface area contributed by atoms with E-state index < -0.39 is 36.1 Å². The number of anilines is 1. The highest BCUT2D eigenvalue weighted by Gasteiger charge is 2.24. The first kappa shape index (κ1) is 18.9. The fourth-order valence-corrected chi connectivity index (χ4v) is 1.55. The molecule has 0 unspecified atom stereocenters. The van der Waals surface area contributed by atoms with Crippen LogP contribution in [0.3, 0.4) is 0 Å². The van der Waals surface area contributed by atoms with Crippen molar-refractivity contribution in [1.29, 1.82) is 0 Å². The minimum Gasteiger partial charge on any atom is -0.451 e. The second-order valence-corrected chi connectivity index (χ2v) is 4.83. The Morgan fingerprint density at radius 2 is 1.62 bits per heavy atom. The number of rotatable bonds is 5. The number of urea groups is 2. The number of benzene rings is 1. The van der Waals surface area contributed by atoms with Crippen molar-refractivity contribution < 1.29 is 23.9 Å². The molecule has 0 radical (unpaired) electrons. The molecule has 2 atom stereocenters. The van der Waals surface area contributed by atoms with E-state index in [-0.39, 0.29) is 0 Å². The second kappa shape index (κ2) is 9.13. The van der Waals surface area contributed by atoms with Crippen LogP contribution in [-0.2, 0) is 14.3 Å². The molecule has 130 valence electrons. The van der Waals surface area contributed by atoms with Crippen LogP contribution >= 0.6 is 0 Å². The number of nitrogens with one attached hydrogen (secondary N) is 4. The van der Waals surface area contributed by atoms with Gasteiger partial charge in [-0.05, 0) is 26.0 Å². The number of imide groups is 1. The van der Waals surface area contributed by atoms with E-state index in [1.165, 1.54) is 20.9 Å². The average Bonchev–Trinajstić information content (AvgIpc) is 2.55. The molecule has 0 saturated carbocycles. The van der Waals surface area contributed by atoms with E-state index in [4.69, 9.17) is 4.74 Å². The number of ether oxygens (including phenoxy) is 1. The zero-order valence-electron chi connectivity index (χ0n) is 13.6. The summed E-state index contributed by atoms with van der Waals surface area (Å²) >= 11 is 0. The lowest BCUT2D eigenvalue weighted by atomic mass is 10.3. The zero-order valence-corrected chi connectivity index (χ0v) is 13.6. The minimum atomic E-state index is -1.18. The summed E-state index contributed by atoms with van der Waals surface area (Å²) in [4.78, 5) is 46.2. The maximum atomic E-state index is 11.9. The summed E-state index contributed by atoms with van der Waals surface area (Å²) in [5, 5.41) is 9.12. The van der Waals surface area contributed by atoms with Gasteiger partial charge in [0.15, 0.2) is 6.10 Å². The first-order valence-corrected chi connectivity index (χ1v) is 7.19. The van der Waals surface area contributed by atoms with Crippen molar-refractivity contribution in [3.63, 3.8) is 0 Å². The Morgan fingerprint density at radius 3 is 2.21 bits per heavy atom. The number of carbonyl (C=O) groups is 4. The van der Waals surface area contributed by atoms with Crippen LogP contribution in [0.25, 0.3) is 0 Å². The van der Waals surface area contributed by atoms with E-state index in [0.717, 1.165) is 0 Å². The Labute approximate surface area is 139 Å². The van der Waals surface area contributed by atoms with Crippen LogP contribution in [0.2, 0.25) is 0 Å². The van der Waals surface area contributed by atoms with Crippen molar-refractivity contribution >= 4 is 29.6 Å². The van der Waals surface area contributed by atoms with E-state index in [1.54, 1.807) is 30.3 Å². The number of esters is 1. The second-order valence-electron chi connectivity index (χ2n) is 4.83. The van der Waals surface area contributed by atoms with Crippen molar-refractivity contribution in [3.05, 3.63) is 30.3 Å². The summed E-state index contributed by atoms with van der Waals surface area (Å²) in [6, 6.07) is 6.39. The first-order chi connectivity index (χ1) is 11.3. The number of hydrogen-bond donors (Lipinski definition) is 4. The van der Waals surface area contributed by atoms with Gasteiger partial charge in [-0.2, -0.15) is 0 Å². The normalized spacial score (nSPS) is 12.3. The van der Waals surface area contributed by atoms with Crippen LogP contribution in [0, 0.1) is 0 Å². The molecule has 24 heavy (non-hydrogen) atoms. The molecule has 1 rings (SSSR count). The van der Waals surface area contributed by atoms with E-state index in [9.17, 15) is 19.2 Å². The minimum absolute atomic E-state index is 0.564. The molecule has 9 nitrogen and oxygen atoms in total. The van der Waals surface area contributed by atoms with Gasteiger partial charge in [0.05, 0.1) is 0 Å². The molecule has 1 aromatic rings. The zero-order chi connectivity index (χ0) is 18.1. The molecule has 0 spiro atoms. The maximum Gasteiger partial charge on any atom is 0.329 e. The lowest BCUT2D eigenvalue weighted by molar-refractivity contribution is -0.155. The standard InChI is InChI=1S/C15H20N4O5/c1-9(17-15(23)18-11-7-5-4-6-8-11)13(21)24-10(2)12(20)19-14(22)16-3/h4-10H,1-3H3,(H2,17,18,23)(H2,16,19,20,22)/t9-,10+/m0/s1. The number of amides is 5. The summed E-state index contributed by atoms with van der Waals surface area (Å²) in [5.41, 5.74) is 0.564. The quantitative estimate of drug-likeness (QED) is 0.585. The van der Waals surface area contributed by atoms with E-state index in [1.807, 2.05) is 5.32 Å². The molecule has 0 fully saturated rings. The van der Waals surface area contributed by atoms with Crippen LogP contribution in [0.15, 0.2) is 30.3 Å². The largest absolute Gasteiger partial charge is 0.451 e. The van der Waals surface area contributed by atoms with Gasteiger partial charge in [-0.3, -0.25) is 10.1 Å². The molecular weight excluding hydrogens is 316 g/mol. The van der Waals surface area contributed by atoms with Crippen molar-refractivity contribution in [2.75, 3.05) is 12.4 Å². The molecule has 0 aliphatic rings. The molecule has 0 aliphatic carbocycles. The lowest BCUT2D eigenvalue weighted by Gasteiger charge is -2.17. The van der Waals surface area contributed by atoms with Gasteiger partial charge in [0.25, 0.3) is 5.91 Å². The molecule has 9 heteroatoms. The molecule has 0 aromatic heterocycles. The molecule has 0 aliphatic heterocycles. The summed E-state index contributed by atoms with van der Waals surface area (Å²) < 4.78 is 4.90. The SMILES string of the molecule is CNC(=O)NC(=O)[C@@H](C)OC(=O)[C@H](C)NC(=O)Nc1ccccc1. The number of para-hydroxylation sites is 1. The van der Waals surface area contributed by atoms with E-state index in [2.05, 4.69) is 16.0 Å². The van der Waals surface area contributed by atoms with Crippen LogP contribution in [0.4, 0.5) is 15.3 Å². The summed E-state index contributed by atoms with van der Waals surface area (Å²) in [5.74, 6) is -1.58. The van der Waals surface area contributed by atoms with Gasteiger partial charge in [-0.15, -0.1) is 0 Å². The van der Waals surface area contributed by atoms with Crippen LogP contribution in [-0.4, -0.2) is 43.1 Å².